The van der Waals surface area contributed by atoms with Gasteiger partial charge in [-0.1, -0.05) is 0 Å². The van der Waals surface area contributed by atoms with Crippen molar-refractivity contribution in [3.05, 3.63) is 0 Å². The highest BCUT2D eigenvalue weighted by Gasteiger charge is 2.51. The Bertz CT molecular complexity index is 357. The Labute approximate surface area is 114 Å². The number of amides is 1. The van der Waals surface area contributed by atoms with Gasteiger partial charge in [0.25, 0.3) is 0 Å². The predicted molar refractivity (Wildman–Crippen MR) is 72.8 cm³/mol. The van der Waals surface area contributed by atoms with Crippen molar-refractivity contribution in [1.29, 1.82) is 0 Å². The molecule has 2 aliphatic heterocycles. The third-order valence-corrected chi connectivity index (χ3v) is 5.16. The van der Waals surface area contributed by atoms with Gasteiger partial charge in [0.1, 0.15) is 0 Å². The van der Waals surface area contributed by atoms with Gasteiger partial charge < -0.3 is 15.3 Å². The maximum Gasteiger partial charge on any atom is 0.239 e. The number of piperazine rings is 1. The van der Waals surface area contributed by atoms with Gasteiger partial charge in [-0.2, -0.15) is 0 Å². The minimum Gasteiger partial charge on any atom is -0.391 e. The van der Waals surface area contributed by atoms with Crippen LogP contribution in [-0.4, -0.2) is 72.2 Å². The quantitative estimate of drug-likeness (QED) is 0.734. The van der Waals surface area contributed by atoms with E-state index in [0.29, 0.717) is 0 Å². The number of β-amino-alcohol motifs (C(OH)–C–C–N with tert-alkyl or cyclic N) is 1. The van der Waals surface area contributed by atoms with Crippen molar-refractivity contribution in [2.75, 3.05) is 39.3 Å². The molecule has 0 bridgehead atoms. The average Bonchev–Trinajstić information content (AvgIpc) is 3.17. The molecular weight excluding hydrogens is 242 g/mol. The summed E-state index contributed by atoms with van der Waals surface area (Å²) in [5.41, 5.74) is 0.274. The zero-order valence-corrected chi connectivity index (χ0v) is 11.8. The lowest BCUT2D eigenvalue weighted by atomic mass is 9.90. The minimum atomic E-state index is -0.154. The number of carbonyl (C=O) groups excluding carboxylic acids is 1. The standard InChI is InChI=1S/C14H25N3O2/c1-11-13(19)17(7-5-15-11)9-8-16-6-4-14(2-3-14)12(18)10-16/h11-12,15,18H,2-10H2,1H3. The first-order chi connectivity index (χ1) is 9.11. The molecule has 0 radical (unpaired) electrons. The lowest BCUT2D eigenvalue weighted by Gasteiger charge is -2.38. The van der Waals surface area contributed by atoms with Crippen molar-refractivity contribution < 1.29 is 9.90 Å². The number of hydrogen-bond acceptors (Lipinski definition) is 4. The molecule has 2 unspecified atom stereocenters. The molecule has 2 N–H and O–H groups in total. The number of hydrogen-bond donors (Lipinski definition) is 2. The maximum atomic E-state index is 12.0. The molecule has 2 atom stereocenters. The van der Waals surface area contributed by atoms with E-state index in [4.69, 9.17) is 0 Å². The molecule has 5 heteroatoms. The van der Waals surface area contributed by atoms with Gasteiger partial charge in [-0.25, -0.2) is 0 Å². The smallest absolute Gasteiger partial charge is 0.239 e. The number of likely N-dealkylation sites (tertiary alicyclic amines) is 1. The second kappa shape index (κ2) is 5.04. The van der Waals surface area contributed by atoms with Gasteiger partial charge in [-0.05, 0) is 38.1 Å². The fourth-order valence-electron chi connectivity index (χ4n) is 3.40. The van der Waals surface area contributed by atoms with Crippen LogP contribution < -0.4 is 5.32 Å². The molecule has 3 aliphatic rings. The van der Waals surface area contributed by atoms with Crippen LogP contribution in [0.3, 0.4) is 0 Å². The Kier molecular flexibility index (Phi) is 3.53. The number of nitrogens with zero attached hydrogens (tertiary/aromatic N) is 2. The van der Waals surface area contributed by atoms with Crippen molar-refractivity contribution in [3.8, 4) is 0 Å². The first-order valence-corrected chi connectivity index (χ1v) is 7.53. The summed E-state index contributed by atoms with van der Waals surface area (Å²) in [6, 6.07) is -0.0459. The predicted octanol–water partition coefficient (Wildman–Crippen LogP) is -0.346. The lowest BCUT2D eigenvalue weighted by Crippen LogP contribution is -2.56. The molecule has 108 valence electrons. The van der Waals surface area contributed by atoms with Crippen molar-refractivity contribution >= 4 is 5.91 Å². The van der Waals surface area contributed by atoms with Crippen molar-refractivity contribution in [1.82, 2.24) is 15.1 Å². The SMILES string of the molecule is CC1NCCN(CCN2CCC3(CC3)C(O)C2)C1=O. The number of aliphatic hydroxyl groups excluding tert-OH is 1. The van der Waals surface area contributed by atoms with E-state index >= 15 is 0 Å². The Hall–Kier alpha value is -0.650. The van der Waals surface area contributed by atoms with E-state index in [1.54, 1.807) is 0 Å². The second-order valence-corrected chi connectivity index (χ2v) is 6.43. The molecule has 1 saturated carbocycles. The molecule has 19 heavy (non-hydrogen) atoms. The Morgan fingerprint density at radius 2 is 2.11 bits per heavy atom. The van der Waals surface area contributed by atoms with Crippen LogP contribution in [0.15, 0.2) is 0 Å². The van der Waals surface area contributed by atoms with E-state index in [1.165, 1.54) is 12.8 Å². The van der Waals surface area contributed by atoms with E-state index in [1.807, 2.05) is 11.8 Å². The Morgan fingerprint density at radius 3 is 2.79 bits per heavy atom. The van der Waals surface area contributed by atoms with Crippen LogP contribution in [0.4, 0.5) is 0 Å². The zero-order chi connectivity index (χ0) is 13.5. The first-order valence-electron chi connectivity index (χ1n) is 7.53. The summed E-state index contributed by atoms with van der Waals surface area (Å²) in [5.74, 6) is 0.211. The highest BCUT2D eigenvalue weighted by atomic mass is 16.3. The topological polar surface area (TPSA) is 55.8 Å². The zero-order valence-electron chi connectivity index (χ0n) is 11.8. The van der Waals surface area contributed by atoms with Gasteiger partial charge in [-0.15, -0.1) is 0 Å². The highest BCUT2D eigenvalue weighted by Crippen LogP contribution is 2.53. The fraction of sp³-hybridized carbons (Fsp3) is 0.929. The molecule has 2 saturated heterocycles. The Balaban J connectivity index is 1.46. The molecule has 0 aromatic heterocycles. The summed E-state index contributed by atoms with van der Waals surface area (Å²) < 4.78 is 0. The third-order valence-electron chi connectivity index (χ3n) is 5.16. The number of piperidine rings is 1. The van der Waals surface area contributed by atoms with Gasteiger partial charge in [0.15, 0.2) is 0 Å². The van der Waals surface area contributed by atoms with Gasteiger partial charge >= 0.3 is 0 Å². The monoisotopic (exact) mass is 267 g/mol. The van der Waals surface area contributed by atoms with E-state index in [0.717, 1.165) is 45.7 Å². The highest BCUT2D eigenvalue weighted by molar-refractivity contribution is 5.82. The third kappa shape index (κ3) is 2.64. The van der Waals surface area contributed by atoms with Gasteiger partial charge in [0.05, 0.1) is 12.1 Å². The van der Waals surface area contributed by atoms with Crippen LogP contribution in [0.5, 0.6) is 0 Å². The van der Waals surface area contributed by atoms with Crippen LogP contribution in [0, 0.1) is 5.41 Å². The van der Waals surface area contributed by atoms with Crippen LogP contribution in [0.2, 0.25) is 0 Å². The van der Waals surface area contributed by atoms with E-state index in [9.17, 15) is 9.90 Å². The molecule has 1 spiro atoms. The van der Waals surface area contributed by atoms with Crippen molar-refractivity contribution in [3.63, 3.8) is 0 Å². The average molecular weight is 267 g/mol. The van der Waals surface area contributed by atoms with Crippen LogP contribution in [0.25, 0.3) is 0 Å². The summed E-state index contributed by atoms with van der Waals surface area (Å²) in [6.07, 6.45) is 3.38. The molecule has 1 aliphatic carbocycles. The molecular formula is C14H25N3O2. The number of carbonyl (C=O) groups is 1. The maximum absolute atomic E-state index is 12.0. The van der Waals surface area contributed by atoms with Gasteiger partial charge in [0, 0.05) is 32.7 Å². The Morgan fingerprint density at radius 1 is 1.32 bits per heavy atom. The largest absolute Gasteiger partial charge is 0.391 e. The fourth-order valence-corrected chi connectivity index (χ4v) is 3.40. The molecule has 1 amide bonds. The lowest BCUT2D eigenvalue weighted by molar-refractivity contribution is -0.135. The normalized spacial score (nSPS) is 34.8. The molecule has 0 aromatic carbocycles. The molecule has 2 heterocycles. The number of nitrogens with one attached hydrogen (secondary N) is 1. The van der Waals surface area contributed by atoms with E-state index in [-0.39, 0.29) is 23.5 Å². The summed E-state index contributed by atoms with van der Waals surface area (Å²) in [7, 11) is 0. The van der Waals surface area contributed by atoms with Crippen LogP contribution >= 0.6 is 0 Å². The van der Waals surface area contributed by atoms with Gasteiger partial charge in [0.2, 0.25) is 5.91 Å². The molecule has 0 aromatic rings. The van der Waals surface area contributed by atoms with Crippen molar-refractivity contribution in [2.24, 2.45) is 5.41 Å². The summed E-state index contributed by atoms with van der Waals surface area (Å²) in [6.45, 7) is 7.18. The first kappa shape index (κ1) is 13.3. The summed E-state index contributed by atoms with van der Waals surface area (Å²) in [5, 5.41) is 13.3. The summed E-state index contributed by atoms with van der Waals surface area (Å²) >= 11 is 0. The van der Waals surface area contributed by atoms with Crippen LogP contribution in [-0.2, 0) is 4.79 Å². The molecule has 5 nitrogen and oxygen atoms in total. The second-order valence-electron chi connectivity index (χ2n) is 6.43. The number of rotatable bonds is 3. The summed E-state index contributed by atoms with van der Waals surface area (Å²) in [4.78, 5) is 16.2. The van der Waals surface area contributed by atoms with E-state index in [2.05, 4.69) is 10.2 Å². The van der Waals surface area contributed by atoms with Gasteiger partial charge in [-0.3, -0.25) is 9.69 Å². The minimum absolute atomic E-state index is 0.0459. The number of aliphatic hydroxyl groups is 1. The van der Waals surface area contributed by atoms with E-state index < -0.39 is 0 Å². The molecule has 3 fully saturated rings. The van der Waals surface area contributed by atoms with Crippen molar-refractivity contribution in [2.45, 2.75) is 38.3 Å². The molecule has 3 rings (SSSR count). The van der Waals surface area contributed by atoms with Crippen LogP contribution in [0.1, 0.15) is 26.2 Å².